The van der Waals surface area contributed by atoms with Gasteiger partial charge in [-0.05, 0) is 43.6 Å². The molecule has 1 aromatic carbocycles. The van der Waals surface area contributed by atoms with Crippen molar-refractivity contribution >= 4 is 5.78 Å². The molecule has 4 aliphatic carbocycles. The van der Waals surface area contributed by atoms with Gasteiger partial charge in [0.15, 0.2) is 11.6 Å². The van der Waals surface area contributed by atoms with Crippen LogP contribution in [0.3, 0.4) is 0 Å². The van der Waals surface area contributed by atoms with Gasteiger partial charge in [-0.2, -0.15) is 0 Å². The summed E-state index contributed by atoms with van der Waals surface area (Å²) in [6.45, 7) is 12.6. The molecule has 3 saturated heterocycles. The van der Waals surface area contributed by atoms with E-state index in [2.05, 4.69) is 42.9 Å². The third-order valence-electron chi connectivity index (χ3n) is 11.0. The Morgan fingerprint density at radius 3 is 2.67 bits per heavy atom. The first-order chi connectivity index (χ1) is 18.5. The Hall–Kier alpha value is -2.65. The average molecular weight is 530 g/mol. The van der Waals surface area contributed by atoms with Gasteiger partial charge in [0.2, 0.25) is 5.79 Å². The van der Waals surface area contributed by atoms with Crippen LogP contribution in [0.1, 0.15) is 46.6 Å². The van der Waals surface area contributed by atoms with Crippen molar-refractivity contribution in [3.05, 3.63) is 60.8 Å². The van der Waals surface area contributed by atoms with E-state index in [-0.39, 0.29) is 35.0 Å². The van der Waals surface area contributed by atoms with Crippen LogP contribution in [0.5, 0.6) is 0 Å². The summed E-state index contributed by atoms with van der Waals surface area (Å²) in [6, 6.07) is 9.71. The lowest BCUT2D eigenvalue weighted by atomic mass is 9.36. The van der Waals surface area contributed by atoms with Crippen molar-refractivity contribution in [1.82, 2.24) is 15.0 Å². The van der Waals surface area contributed by atoms with Crippen LogP contribution in [0, 0.1) is 34.0 Å². The molecule has 1 aromatic heterocycles. The summed E-state index contributed by atoms with van der Waals surface area (Å²) in [5.41, 5.74) is 0.151. The number of aromatic nitrogens is 3. The van der Waals surface area contributed by atoms with E-state index in [9.17, 15) is 9.90 Å². The molecule has 4 bridgehead atoms. The summed E-state index contributed by atoms with van der Waals surface area (Å²) < 4.78 is 22.0. The van der Waals surface area contributed by atoms with Crippen molar-refractivity contribution in [3.63, 3.8) is 0 Å². The molecular formula is C31H35N3O5. The highest BCUT2D eigenvalue weighted by molar-refractivity contribution is 6.05. The maximum Gasteiger partial charge on any atom is 0.213 e. The van der Waals surface area contributed by atoms with Crippen molar-refractivity contribution in [2.75, 3.05) is 6.61 Å². The zero-order valence-corrected chi connectivity index (χ0v) is 22.8. The number of hydrogen-bond acceptors (Lipinski definition) is 7. The Morgan fingerprint density at radius 1 is 1.13 bits per heavy atom. The summed E-state index contributed by atoms with van der Waals surface area (Å²) in [7, 11) is 0. The number of ketones is 1. The molecule has 4 heterocycles. The Morgan fingerprint density at radius 2 is 1.90 bits per heavy atom. The molecular weight excluding hydrogens is 494 g/mol. The predicted molar refractivity (Wildman–Crippen MR) is 141 cm³/mol. The number of fused-ring (bicyclic) bond motifs is 1. The maximum atomic E-state index is 14.5. The maximum absolute atomic E-state index is 14.5. The van der Waals surface area contributed by atoms with Gasteiger partial charge in [-0.15, -0.1) is 5.10 Å². The molecule has 9 atom stereocenters. The Balaban J connectivity index is 1.37. The number of aliphatic hydroxyl groups excluding tert-OH is 1. The first kappa shape index (κ1) is 24.2. The lowest BCUT2D eigenvalue weighted by Crippen LogP contribution is -2.87. The zero-order valence-electron chi connectivity index (χ0n) is 22.8. The van der Waals surface area contributed by atoms with Gasteiger partial charge < -0.3 is 19.3 Å². The van der Waals surface area contributed by atoms with Crippen molar-refractivity contribution in [1.29, 1.82) is 0 Å². The van der Waals surface area contributed by atoms with Crippen molar-refractivity contribution in [2.45, 2.75) is 70.4 Å². The average Bonchev–Trinajstić information content (AvgIpc) is 3.42. The van der Waals surface area contributed by atoms with Gasteiger partial charge in [-0.3, -0.25) is 4.79 Å². The first-order valence-corrected chi connectivity index (χ1v) is 14.1. The van der Waals surface area contributed by atoms with Crippen LogP contribution < -0.4 is 0 Å². The zero-order chi connectivity index (χ0) is 27.2. The summed E-state index contributed by atoms with van der Waals surface area (Å²) >= 11 is 0. The smallest absolute Gasteiger partial charge is 0.213 e. The third-order valence-corrected chi connectivity index (χ3v) is 11.0. The minimum atomic E-state index is -1.50. The highest BCUT2D eigenvalue weighted by Gasteiger charge is 2.89. The molecule has 0 amide bonds. The molecule has 7 aliphatic rings. The van der Waals surface area contributed by atoms with E-state index in [0.29, 0.717) is 12.2 Å². The molecule has 3 saturated carbocycles. The normalized spacial score (nSPS) is 46.2. The third kappa shape index (κ3) is 2.54. The van der Waals surface area contributed by atoms with Crippen LogP contribution >= 0.6 is 0 Å². The lowest BCUT2D eigenvalue weighted by molar-refractivity contribution is -0.529. The summed E-state index contributed by atoms with van der Waals surface area (Å²) in [6.07, 6.45) is 6.45. The van der Waals surface area contributed by atoms with Crippen LogP contribution in [0.2, 0.25) is 0 Å². The summed E-state index contributed by atoms with van der Waals surface area (Å²) in [5.74, 6) is -3.11. The molecule has 39 heavy (non-hydrogen) atoms. The lowest BCUT2D eigenvalue weighted by Gasteiger charge is -2.77. The molecule has 8 heteroatoms. The number of Topliss-reactive ketones (excluding diaryl/α,β-unsaturated/α-hetero) is 1. The number of allylic oxidation sites excluding steroid dienone is 2. The van der Waals surface area contributed by atoms with E-state index in [4.69, 9.17) is 14.2 Å². The van der Waals surface area contributed by atoms with Crippen molar-refractivity contribution < 1.29 is 24.1 Å². The van der Waals surface area contributed by atoms with Gasteiger partial charge in [0.1, 0.15) is 17.2 Å². The van der Waals surface area contributed by atoms with Gasteiger partial charge >= 0.3 is 0 Å². The van der Waals surface area contributed by atoms with Gasteiger partial charge in [0.25, 0.3) is 0 Å². The Labute approximate surface area is 228 Å². The van der Waals surface area contributed by atoms with E-state index in [1.165, 1.54) is 0 Å². The van der Waals surface area contributed by atoms with Crippen LogP contribution in [-0.2, 0) is 19.0 Å². The highest BCUT2D eigenvalue weighted by Crippen LogP contribution is 2.80. The van der Waals surface area contributed by atoms with Gasteiger partial charge in [0, 0.05) is 22.8 Å². The second-order valence-corrected chi connectivity index (χ2v) is 13.6. The van der Waals surface area contributed by atoms with Gasteiger partial charge in [-0.1, -0.05) is 68.1 Å². The van der Waals surface area contributed by atoms with E-state index >= 15 is 0 Å². The number of aliphatic hydroxyl groups is 1. The van der Waals surface area contributed by atoms with Crippen LogP contribution in [0.25, 0.3) is 11.3 Å². The van der Waals surface area contributed by atoms with E-state index in [0.717, 1.165) is 24.1 Å². The van der Waals surface area contributed by atoms with Crippen LogP contribution in [-0.4, -0.2) is 56.3 Å². The molecule has 6 fully saturated rings. The van der Waals surface area contributed by atoms with Gasteiger partial charge in [0.05, 0.1) is 24.9 Å². The molecule has 8 nitrogen and oxygen atoms in total. The van der Waals surface area contributed by atoms with E-state index in [1.807, 2.05) is 55.1 Å². The molecule has 204 valence electrons. The topological polar surface area (TPSA) is 95.7 Å². The SMILES string of the molecule is C=C1C(=O)[C@@]23[C@@H]4OC(C)(C)OC25OC[C@]2([C@@H](n6cc(-c7ccccc7)nn6)C=CC(C)(C)[C@H]2[C@@H]5O)[C@@H]3CC[C@@H]14. The fraction of sp³-hybridized carbons (Fsp3) is 0.581. The Kier molecular flexibility index (Phi) is 4.43. The Bertz CT molecular complexity index is 1450. The molecule has 1 N–H and O–H groups in total. The second kappa shape index (κ2) is 7.16. The molecule has 3 aliphatic heterocycles. The van der Waals surface area contributed by atoms with Crippen molar-refractivity contribution in [3.8, 4) is 11.3 Å². The molecule has 3 spiro atoms. The number of carbonyl (C=O) groups excluding carboxylic acids is 1. The fourth-order valence-electron chi connectivity index (χ4n) is 9.94. The minimum absolute atomic E-state index is 0.0678. The number of rotatable bonds is 2. The van der Waals surface area contributed by atoms with Crippen molar-refractivity contribution in [2.24, 2.45) is 34.0 Å². The number of benzene rings is 1. The second-order valence-electron chi connectivity index (χ2n) is 13.6. The highest BCUT2D eigenvalue weighted by atomic mass is 16.8. The minimum Gasteiger partial charge on any atom is -0.387 e. The number of carbonyl (C=O) groups is 1. The molecule has 2 aromatic rings. The fourth-order valence-corrected chi connectivity index (χ4v) is 9.94. The monoisotopic (exact) mass is 529 g/mol. The quantitative estimate of drug-likeness (QED) is 0.463. The number of nitrogens with zero attached hydrogens (tertiary/aromatic N) is 3. The van der Waals surface area contributed by atoms with Gasteiger partial charge in [-0.25, -0.2) is 4.68 Å². The standard InChI is InChI=1S/C31H35N3O5/c1-17-19-11-12-21-29-16-37-31(30(21,24(17)35)26(19)38-28(4,5)39-31)25(36)23(29)27(2,3)14-13-22(29)34-15-20(32-33-34)18-9-7-6-8-10-18/h6-10,13-15,19,21-23,25-26,36H,1,11-12,16H2,2-5H3/t19-,21-,22-,23+,25-,26+,29+,30-,31?/m0/s1. The number of hydrogen-bond donors (Lipinski definition) is 1. The number of ether oxygens (including phenoxy) is 3. The summed E-state index contributed by atoms with van der Waals surface area (Å²) in [4.78, 5) is 14.5. The predicted octanol–water partition coefficient (Wildman–Crippen LogP) is 4.09. The summed E-state index contributed by atoms with van der Waals surface area (Å²) in [5, 5.41) is 21.7. The molecule has 0 radical (unpaired) electrons. The largest absolute Gasteiger partial charge is 0.387 e. The first-order valence-electron chi connectivity index (χ1n) is 14.1. The van der Waals surface area contributed by atoms with E-state index < -0.39 is 34.6 Å². The van der Waals surface area contributed by atoms with Crippen LogP contribution in [0.4, 0.5) is 0 Å². The van der Waals surface area contributed by atoms with E-state index in [1.54, 1.807) is 0 Å². The molecule has 1 unspecified atom stereocenters. The van der Waals surface area contributed by atoms with Crippen LogP contribution in [0.15, 0.2) is 60.8 Å². The molecule has 9 rings (SSSR count).